The molecule has 1 aromatic heterocycles. The lowest BCUT2D eigenvalue weighted by Gasteiger charge is -2.40. The van der Waals surface area contributed by atoms with Gasteiger partial charge in [-0.25, -0.2) is 0 Å². The number of likely N-dealkylation sites (tertiary alicyclic amines) is 1. The molecule has 1 aliphatic heterocycles. The smallest absolute Gasteiger partial charge is 0.257 e. The van der Waals surface area contributed by atoms with Crippen molar-refractivity contribution in [2.45, 2.75) is 38.8 Å². The number of amides is 1. The number of ether oxygens (including phenoxy) is 1. The molecule has 1 aliphatic carbocycles. The van der Waals surface area contributed by atoms with Gasteiger partial charge in [0.2, 0.25) is 0 Å². The van der Waals surface area contributed by atoms with Crippen molar-refractivity contribution in [2.24, 2.45) is 11.8 Å². The normalized spacial score (nSPS) is 30.8. The first-order valence-electron chi connectivity index (χ1n) is 8.46. The molecule has 0 aromatic carbocycles. The van der Waals surface area contributed by atoms with Crippen molar-refractivity contribution in [2.75, 3.05) is 34.3 Å². The largest absolute Gasteiger partial charge is 0.466 e. The lowest BCUT2D eigenvalue weighted by Crippen LogP contribution is -2.47. The third kappa shape index (κ3) is 3.04. The minimum atomic E-state index is 0.115. The van der Waals surface area contributed by atoms with Crippen molar-refractivity contribution in [3.05, 3.63) is 23.2 Å². The van der Waals surface area contributed by atoms with Gasteiger partial charge in [-0.1, -0.05) is 0 Å². The molecule has 5 heteroatoms. The summed E-state index contributed by atoms with van der Waals surface area (Å²) in [5.74, 6) is 2.77. The van der Waals surface area contributed by atoms with E-state index in [2.05, 4.69) is 19.0 Å². The molecule has 2 aliphatic rings. The highest BCUT2D eigenvalue weighted by atomic mass is 16.5. The summed E-state index contributed by atoms with van der Waals surface area (Å²) in [5, 5.41) is 0. The van der Waals surface area contributed by atoms with Crippen LogP contribution in [0, 0.1) is 25.7 Å². The number of fused-ring (bicyclic) bond motifs is 1. The summed E-state index contributed by atoms with van der Waals surface area (Å²) in [6.45, 7) is 5.45. The first-order valence-corrected chi connectivity index (χ1v) is 8.46. The molecule has 128 valence electrons. The second kappa shape index (κ2) is 6.29. The minimum Gasteiger partial charge on any atom is -0.466 e. The van der Waals surface area contributed by atoms with Crippen LogP contribution in [0.4, 0.5) is 0 Å². The Kier molecular flexibility index (Phi) is 4.52. The lowest BCUT2D eigenvalue weighted by atomic mass is 9.77. The number of aryl methyl sites for hydroxylation is 2. The van der Waals surface area contributed by atoms with Crippen LogP contribution in [0.25, 0.3) is 0 Å². The Morgan fingerprint density at radius 2 is 1.91 bits per heavy atom. The molecule has 3 rings (SSSR count). The first-order chi connectivity index (χ1) is 10.9. The van der Waals surface area contributed by atoms with Gasteiger partial charge >= 0.3 is 0 Å². The number of nitrogens with zero attached hydrogens (tertiary/aromatic N) is 2. The van der Waals surface area contributed by atoms with Gasteiger partial charge in [0.05, 0.1) is 11.7 Å². The van der Waals surface area contributed by atoms with E-state index in [1.807, 2.05) is 24.8 Å². The second-order valence-electron chi connectivity index (χ2n) is 7.33. The molecule has 0 unspecified atom stereocenters. The maximum Gasteiger partial charge on any atom is 0.257 e. The predicted molar refractivity (Wildman–Crippen MR) is 88.6 cm³/mol. The monoisotopic (exact) mass is 320 g/mol. The molecule has 0 spiro atoms. The molecule has 1 amide bonds. The summed E-state index contributed by atoms with van der Waals surface area (Å²) in [4.78, 5) is 17.1. The fourth-order valence-electron chi connectivity index (χ4n) is 4.37. The fraction of sp³-hybridized carbons (Fsp3) is 0.722. The summed E-state index contributed by atoms with van der Waals surface area (Å²) >= 11 is 0. The zero-order valence-corrected chi connectivity index (χ0v) is 14.8. The van der Waals surface area contributed by atoms with Gasteiger partial charge in [-0.3, -0.25) is 4.79 Å². The maximum atomic E-state index is 12.8. The van der Waals surface area contributed by atoms with Crippen LogP contribution in [-0.2, 0) is 4.74 Å². The van der Waals surface area contributed by atoms with Crippen molar-refractivity contribution in [3.63, 3.8) is 0 Å². The van der Waals surface area contributed by atoms with Crippen molar-refractivity contribution in [1.29, 1.82) is 0 Å². The number of methoxy groups -OCH3 is 1. The third-order valence-electron chi connectivity index (χ3n) is 5.61. The van der Waals surface area contributed by atoms with Crippen LogP contribution in [0.5, 0.6) is 0 Å². The van der Waals surface area contributed by atoms with Crippen LogP contribution < -0.4 is 0 Å². The standard InChI is InChI=1S/C18H28N2O3/c1-11-6-15(12(2)23-11)18(21)20-9-13-7-16(19(3)4)17(22-5)8-14(13)10-20/h6,13-14,16-17H,7-10H2,1-5H3/t13-,14+,16-,17-/m1/s1. The first kappa shape index (κ1) is 16.5. The van der Waals surface area contributed by atoms with Crippen molar-refractivity contribution < 1.29 is 13.9 Å². The second-order valence-corrected chi connectivity index (χ2v) is 7.33. The molecular formula is C18H28N2O3. The number of carbonyl (C=O) groups is 1. The van der Waals surface area contributed by atoms with Crippen LogP contribution in [0.2, 0.25) is 0 Å². The van der Waals surface area contributed by atoms with Crippen molar-refractivity contribution >= 4 is 5.91 Å². The molecular weight excluding hydrogens is 292 g/mol. The topological polar surface area (TPSA) is 45.9 Å². The van der Waals surface area contributed by atoms with Crippen LogP contribution in [0.15, 0.2) is 10.5 Å². The van der Waals surface area contributed by atoms with Gasteiger partial charge < -0.3 is 19.0 Å². The third-order valence-corrected chi connectivity index (χ3v) is 5.61. The van der Waals surface area contributed by atoms with E-state index in [1.54, 1.807) is 7.11 Å². The predicted octanol–water partition coefficient (Wildman–Crippen LogP) is 2.32. The number of furan rings is 1. The minimum absolute atomic E-state index is 0.115. The highest BCUT2D eigenvalue weighted by molar-refractivity contribution is 5.95. The van der Waals surface area contributed by atoms with E-state index in [0.29, 0.717) is 23.4 Å². The van der Waals surface area contributed by atoms with Gasteiger partial charge in [-0.15, -0.1) is 0 Å². The average molecular weight is 320 g/mol. The molecule has 1 aromatic rings. The lowest BCUT2D eigenvalue weighted by molar-refractivity contribution is -0.0209. The van der Waals surface area contributed by atoms with Gasteiger partial charge in [0.25, 0.3) is 5.91 Å². The number of likely N-dealkylation sites (N-methyl/N-ethyl adjacent to an activating group) is 1. The van der Waals surface area contributed by atoms with Gasteiger partial charge in [0.1, 0.15) is 11.5 Å². The summed E-state index contributed by atoms with van der Waals surface area (Å²) in [5.41, 5.74) is 0.716. The van der Waals surface area contributed by atoms with Crippen LogP contribution >= 0.6 is 0 Å². The number of hydrogen-bond acceptors (Lipinski definition) is 4. The average Bonchev–Trinajstić information content (AvgIpc) is 3.07. The van der Waals surface area contributed by atoms with E-state index < -0.39 is 0 Å². The molecule has 1 saturated heterocycles. The molecule has 1 saturated carbocycles. The highest BCUT2D eigenvalue weighted by Gasteiger charge is 2.44. The molecule has 4 atom stereocenters. The molecule has 2 heterocycles. The Bertz CT molecular complexity index is 581. The summed E-state index contributed by atoms with van der Waals surface area (Å²) in [7, 11) is 6.04. The van der Waals surface area contributed by atoms with E-state index >= 15 is 0 Å². The number of carbonyl (C=O) groups excluding carboxylic acids is 1. The van der Waals surface area contributed by atoms with Gasteiger partial charge in [0, 0.05) is 26.2 Å². The van der Waals surface area contributed by atoms with Gasteiger partial charge in [-0.05, 0) is 58.7 Å². The van der Waals surface area contributed by atoms with Crippen LogP contribution in [-0.4, -0.2) is 62.1 Å². The highest BCUT2D eigenvalue weighted by Crippen LogP contribution is 2.39. The van der Waals surface area contributed by atoms with E-state index in [1.165, 1.54) is 0 Å². The van der Waals surface area contributed by atoms with Crippen LogP contribution in [0.3, 0.4) is 0 Å². The summed E-state index contributed by atoms with van der Waals surface area (Å²) in [6.07, 6.45) is 2.40. The zero-order chi connectivity index (χ0) is 16.7. The zero-order valence-electron chi connectivity index (χ0n) is 14.8. The molecule has 0 N–H and O–H groups in total. The van der Waals surface area contributed by atoms with Gasteiger partial charge in [0.15, 0.2) is 0 Å². The Hall–Kier alpha value is -1.33. The van der Waals surface area contributed by atoms with Crippen molar-refractivity contribution in [1.82, 2.24) is 9.80 Å². The molecule has 5 nitrogen and oxygen atoms in total. The summed E-state index contributed by atoms with van der Waals surface area (Å²) in [6, 6.07) is 2.30. The molecule has 0 radical (unpaired) electrons. The van der Waals surface area contributed by atoms with Gasteiger partial charge in [-0.2, -0.15) is 0 Å². The molecule has 0 bridgehead atoms. The van der Waals surface area contributed by atoms with Crippen LogP contribution in [0.1, 0.15) is 34.7 Å². The maximum absolute atomic E-state index is 12.8. The fourth-order valence-corrected chi connectivity index (χ4v) is 4.37. The Morgan fingerprint density at radius 1 is 1.26 bits per heavy atom. The number of rotatable bonds is 3. The van der Waals surface area contributed by atoms with E-state index in [4.69, 9.17) is 9.15 Å². The number of hydrogen-bond donors (Lipinski definition) is 0. The Balaban J connectivity index is 1.73. The quantitative estimate of drug-likeness (QED) is 0.857. The van der Waals surface area contributed by atoms with E-state index in [9.17, 15) is 4.79 Å². The van der Waals surface area contributed by atoms with E-state index in [-0.39, 0.29) is 12.0 Å². The molecule has 2 fully saturated rings. The Labute approximate surface area is 138 Å². The van der Waals surface area contributed by atoms with E-state index in [0.717, 1.165) is 37.5 Å². The summed E-state index contributed by atoms with van der Waals surface area (Å²) < 4.78 is 11.2. The molecule has 23 heavy (non-hydrogen) atoms. The van der Waals surface area contributed by atoms with Crippen molar-refractivity contribution in [3.8, 4) is 0 Å². The Morgan fingerprint density at radius 3 is 2.43 bits per heavy atom. The SMILES string of the molecule is CO[C@@H]1C[C@H]2CN(C(=O)c3cc(C)oc3C)C[C@H]2C[C@H]1N(C)C.